The summed E-state index contributed by atoms with van der Waals surface area (Å²) in [5.74, 6) is 0.123. The van der Waals surface area contributed by atoms with E-state index >= 15 is 0 Å². The van der Waals surface area contributed by atoms with Gasteiger partial charge in [-0.1, -0.05) is 19.1 Å². The van der Waals surface area contributed by atoms with Crippen molar-refractivity contribution in [3.63, 3.8) is 0 Å². The van der Waals surface area contributed by atoms with Crippen molar-refractivity contribution in [2.45, 2.75) is 38.6 Å². The summed E-state index contributed by atoms with van der Waals surface area (Å²) in [7, 11) is -3.14. The first-order valence-corrected chi connectivity index (χ1v) is 8.21. The predicted octanol–water partition coefficient (Wildman–Crippen LogP) is 0.883. The minimum Gasteiger partial charge on any atom is -0.342 e. The van der Waals surface area contributed by atoms with Crippen LogP contribution in [-0.2, 0) is 14.8 Å². The number of piperidine rings is 1. The van der Waals surface area contributed by atoms with Gasteiger partial charge in [-0.05, 0) is 19.3 Å². The molecule has 0 spiro atoms. The average molecular weight is 274 g/mol. The van der Waals surface area contributed by atoms with E-state index in [-0.39, 0.29) is 11.9 Å². The van der Waals surface area contributed by atoms with Crippen LogP contribution in [0.1, 0.15) is 32.6 Å². The molecule has 1 fully saturated rings. The summed E-state index contributed by atoms with van der Waals surface area (Å²) in [5, 5.41) is 0. The minimum absolute atomic E-state index is 0.0322. The van der Waals surface area contributed by atoms with Crippen LogP contribution in [0, 0.1) is 0 Å². The zero-order valence-electron chi connectivity index (χ0n) is 11.1. The molecule has 0 atom stereocenters. The van der Waals surface area contributed by atoms with Gasteiger partial charge in [0.15, 0.2) is 0 Å². The van der Waals surface area contributed by atoms with Gasteiger partial charge in [-0.15, -0.1) is 0 Å². The minimum atomic E-state index is -3.14. The first kappa shape index (κ1) is 15.2. The van der Waals surface area contributed by atoms with E-state index in [1.807, 2.05) is 19.1 Å². The fraction of sp³-hybridized carbons (Fsp3) is 0.750. The second kappa shape index (κ2) is 6.89. The van der Waals surface area contributed by atoms with Crippen LogP contribution in [-0.4, -0.2) is 44.6 Å². The Labute approximate surface area is 109 Å². The van der Waals surface area contributed by atoms with E-state index in [1.54, 1.807) is 4.90 Å². The molecule has 18 heavy (non-hydrogen) atoms. The summed E-state index contributed by atoms with van der Waals surface area (Å²) in [6.07, 6.45) is 7.80. The van der Waals surface area contributed by atoms with Crippen molar-refractivity contribution >= 4 is 15.9 Å². The van der Waals surface area contributed by atoms with Crippen molar-refractivity contribution in [3.8, 4) is 0 Å². The van der Waals surface area contributed by atoms with Crippen molar-refractivity contribution in [2.75, 3.05) is 19.3 Å². The van der Waals surface area contributed by atoms with Gasteiger partial charge in [0, 0.05) is 25.6 Å². The third kappa shape index (κ3) is 5.64. The molecule has 6 heteroatoms. The lowest BCUT2D eigenvalue weighted by Gasteiger charge is -2.31. The molecule has 0 aromatic rings. The highest BCUT2D eigenvalue weighted by molar-refractivity contribution is 7.88. The SMILES string of the molecule is CCC=CCC(=O)N1CCC(NS(C)(=O)=O)CC1. The summed E-state index contributed by atoms with van der Waals surface area (Å²) >= 11 is 0. The molecule has 104 valence electrons. The van der Waals surface area contributed by atoms with Gasteiger partial charge in [0.05, 0.1) is 6.26 Å². The molecule has 5 nitrogen and oxygen atoms in total. The Kier molecular flexibility index (Phi) is 5.81. The lowest BCUT2D eigenvalue weighted by molar-refractivity contribution is -0.131. The fourth-order valence-corrected chi connectivity index (χ4v) is 2.87. The number of hydrogen-bond donors (Lipinski definition) is 1. The fourth-order valence-electron chi connectivity index (χ4n) is 2.03. The Morgan fingerprint density at radius 3 is 2.44 bits per heavy atom. The van der Waals surface area contributed by atoms with Crippen LogP contribution in [0.5, 0.6) is 0 Å². The van der Waals surface area contributed by atoms with E-state index in [2.05, 4.69) is 4.72 Å². The maximum absolute atomic E-state index is 11.8. The maximum atomic E-state index is 11.8. The molecule has 1 aliphatic rings. The van der Waals surface area contributed by atoms with Crippen LogP contribution in [0.2, 0.25) is 0 Å². The van der Waals surface area contributed by atoms with Crippen LogP contribution in [0.25, 0.3) is 0 Å². The van der Waals surface area contributed by atoms with Gasteiger partial charge < -0.3 is 4.90 Å². The number of carbonyl (C=O) groups is 1. The number of allylic oxidation sites excluding steroid dienone is 1. The Hall–Kier alpha value is -0.880. The molecular formula is C12H22N2O3S. The molecule has 1 saturated heterocycles. The van der Waals surface area contributed by atoms with Gasteiger partial charge in [0.2, 0.25) is 15.9 Å². The monoisotopic (exact) mass is 274 g/mol. The Bertz CT molecular complexity index is 396. The smallest absolute Gasteiger partial charge is 0.226 e. The second-order valence-corrected chi connectivity index (χ2v) is 6.41. The lowest BCUT2D eigenvalue weighted by atomic mass is 10.1. The average Bonchev–Trinajstić information content (AvgIpc) is 2.28. The van der Waals surface area contributed by atoms with Crippen molar-refractivity contribution in [3.05, 3.63) is 12.2 Å². The number of sulfonamides is 1. The van der Waals surface area contributed by atoms with Crippen LogP contribution in [0.15, 0.2) is 12.2 Å². The highest BCUT2D eigenvalue weighted by atomic mass is 32.2. The van der Waals surface area contributed by atoms with E-state index < -0.39 is 10.0 Å². The molecule has 1 heterocycles. The van der Waals surface area contributed by atoms with E-state index in [9.17, 15) is 13.2 Å². The number of nitrogens with zero attached hydrogens (tertiary/aromatic N) is 1. The van der Waals surface area contributed by atoms with Crippen LogP contribution in [0.4, 0.5) is 0 Å². The third-order valence-electron chi connectivity index (χ3n) is 2.92. The van der Waals surface area contributed by atoms with Gasteiger partial charge in [-0.2, -0.15) is 0 Å². The zero-order valence-corrected chi connectivity index (χ0v) is 11.9. The molecule has 1 rings (SSSR count). The summed E-state index contributed by atoms with van der Waals surface area (Å²) in [6.45, 7) is 3.29. The van der Waals surface area contributed by atoms with Gasteiger partial charge >= 0.3 is 0 Å². The standard InChI is InChI=1S/C12H22N2O3S/c1-3-4-5-6-12(15)14-9-7-11(8-10-14)13-18(2,16)17/h4-5,11,13H,3,6-10H2,1-2H3. The van der Waals surface area contributed by atoms with Crippen molar-refractivity contribution in [1.29, 1.82) is 0 Å². The van der Waals surface area contributed by atoms with E-state index in [4.69, 9.17) is 0 Å². The van der Waals surface area contributed by atoms with E-state index in [0.29, 0.717) is 32.4 Å². The van der Waals surface area contributed by atoms with Crippen molar-refractivity contribution < 1.29 is 13.2 Å². The second-order valence-electron chi connectivity index (χ2n) is 4.63. The molecule has 0 unspecified atom stereocenters. The number of amides is 1. The topological polar surface area (TPSA) is 66.5 Å². The quantitative estimate of drug-likeness (QED) is 0.757. The Morgan fingerprint density at radius 2 is 1.94 bits per heavy atom. The molecule has 1 N–H and O–H groups in total. The third-order valence-corrected chi connectivity index (χ3v) is 3.68. The molecule has 1 amide bonds. The molecular weight excluding hydrogens is 252 g/mol. The first-order chi connectivity index (χ1) is 8.42. The van der Waals surface area contributed by atoms with Crippen LogP contribution < -0.4 is 4.72 Å². The molecule has 0 bridgehead atoms. The van der Waals surface area contributed by atoms with E-state index in [0.717, 1.165) is 6.42 Å². The summed E-state index contributed by atoms with van der Waals surface area (Å²) in [4.78, 5) is 13.6. The van der Waals surface area contributed by atoms with Crippen molar-refractivity contribution in [2.24, 2.45) is 0 Å². The summed E-state index contributed by atoms with van der Waals surface area (Å²) in [5.41, 5.74) is 0. The van der Waals surface area contributed by atoms with Gasteiger partial charge in [-0.3, -0.25) is 4.79 Å². The largest absolute Gasteiger partial charge is 0.342 e. The predicted molar refractivity (Wildman–Crippen MR) is 71.6 cm³/mol. The number of carbonyl (C=O) groups excluding carboxylic acids is 1. The van der Waals surface area contributed by atoms with Crippen LogP contribution in [0.3, 0.4) is 0 Å². The number of hydrogen-bond acceptors (Lipinski definition) is 3. The maximum Gasteiger partial charge on any atom is 0.226 e. The molecule has 0 aromatic heterocycles. The summed E-state index contributed by atoms with van der Waals surface area (Å²) in [6, 6.07) is -0.0322. The van der Waals surface area contributed by atoms with Gasteiger partial charge in [0.25, 0.3) is 0 Å². The number of likely N-dealkylation sites (tertiary alicyclic amines) is 1. The molecule has 0 radical (unpaired) electrons. The van der Waals surface area contributed by atoms with Crippen molar-refractivity contribution in [1.82, 2.24) is 9.62 Å². The van der Waals surface area contributed by atoms with Crippen LogP contribution >= 0.6 is 0 Å². The molecule has 0 saturated carbocycles. The van der Waals surface area contributed by atoms with Gasteiger partial charge in [0.1, 0.15) is 0 Å². The summed E-state index contributed by atoms with van der Waals surface area (Å²) < 4.78 is 24.8. The number of nitrogens with one attached hydrogen (secondary N) is 1. The van der Waals surface area contributed by atoms with Gasteiger partial charge in [-0.25, -0.2) is 13.1 Å². The molecule has 0 aromatic carbocycles. The Morgan fingerprint density at radius 1 is 1.33 bits per heavy atom. The number of rotatable bonds is 5. The lowest BCUT2D eigenvalue weighted by Crippen LogP contribution is -2.46. The first-order valence-electron chi connectivity index (χ1n) is 6.32. The highest BCUT2D eigenvalue weighted by Gasteiger charge is 2.23. The highest BCUT2D eigenvalue weighted by Crippen LogP contribution is 2.12. The zero-order chi connectivity index (χ0) is 13.6. The molecule has 0 aliphatic carbocycles. The van der Waals surface area contributed by atoms with E-state index in [1.165, 1.54) is 6.26 Å². The Balaban J connectivity index is 2.35. The normalized spacial score (nSPS) is 18.4. The molecule has 1 aliphatic heterocycles.